The molecule has 0 radical (unpaired) electrons. The normalized spacial score (nSPS) is 16.9. The maximum absolute atomic E-state index is 11.3. The van der Waals surface area contributed by atoms with Crippen LogP contribution in [0.2, 0.25) is 0 Å². The number of aromatic nitrogens is 3. The fourth-order valence-electron chi connectivity index (χ4n) is 3.96. The van der Waals surface area contributed by atoms with Gasteiger partial charge in [-0.1, -0.05) is 30.3 Å². The van der Waals surface area contributed by atoms with Crippen molar-refractivity contribution in [2.75, 3.05) is 18.4 Å². The number of benzene rings is 1. The van der Waals surface area contributed by atoms with Crippen molar-refractivity contribution in [3.8, 4) is 11.3 Å². The highest BCUT2D eigenvalue weighted by Gasteiger charge is 2.24. The molecule has 1 saturated heterocycles. The first kappa shape index (κ1) is 18.4. The summed E-state index contributed by atoms with van der Waals surface area (Å²) in [6.07, 6.45) is 7.90. The van der Waals surface area contributed by atoms with E-state index in [1.54, 1.807) is 18.5 Å². The van der Waals surface area contributed by atoms with Crippen LogP contribution in [0.3, 0.4) is 0 Å². The Morgan fingerprint density at radius 1 is 1.27 bits per heavy atom. The Labute approximate surface area is 173 Å². The van der Waals surface area contributed by atoms with Gasteiger partial charge in [-0.15, -0.1) is 0 Å². The fourth-order valence-corrected chi connectivity index (χ4v) is 3.96. The van der Waals surface area contributed by atoms with Crippen LogP contribution in [-0.4, -0.2) is 44.3 Å². The van der Waals surface area contributed by atoms with Crippen LogP contribution in [0.5, 0.6) is 0 Å². The number of nitrogens with one attached hydrogen (secondary N) is 1. The number of imidazole rings is 1. The van der Waals surface area contributed by atoms with Crippen LogP contribution in [0, 0.1) is 0 Å². The number of primary amides is 1. The Bertz CT molecular complexity index is 1180. The van der Waals surface area contributed by atoms with Crippen molar-refractivity contribution >= 4 is 17.4 Å². The summed E-state index contributed by atoms with van der Waals surface area (Å²) < 4.78 is 7.18. The SMILES string of the molecule is NC(=O)c1cc(-c2cnc(N[C@H]3CCN(Cc4ccccc4)C3)c3nccn23)co1. The predicted octanol–water partition coefficient (Wildman–Crippen LogP) is 2.77. The van der Waals surface area contributed by atoms with Gasteiger partial charge in [-0.3, -0.25) is 14.1 Å². The highest BCUT2D eigenvalue weighted by Crippen LogP contribution is 2.26. The number of hydrogen-bond donors (Lipinski definition) is 2. The molecule has 3 aromatic heterocycles. The van der Waals surface area contributed by atoms with Crippen LogP contribution < -0.4 is 11.1 Å². The fraction of sp³-hybridized carbons (Fsp3) is 0.227. The lowest BCUT2D eigenvalue weighted by molar-refractivity contribution is 0.0974. The highest BCUT2D eigenvalue weighted by molar-refractivity contribution is 5.91. The van der Waals surface area contributed by atoms with Gasteiger partial charge in [0.05, 0.1) is 11.9 Å². The summed E-state index contributed by atoms with van der Waals surface area (Å²) in [5.41, 5.74) is 8.85. The largest absolute Gasteiger partial charge is 0.458 e. The van der Waals surface area contributed by atoms with Gasteiger partial charge in [-0.2, -0.15) is 0 Å². The van der Waals surface area contributed by atoms with E-state index >= 15 is 0 Å². The van der Waals surface area contributed by atoms with Gasteiger partial charge in [0, 0.05) is 43.6 Å². The second-order valence-corrected chi connectivity index (χ2v) is 7.53. The van der Waals surface area contributed by atoms with Crippen LogP contribution in [0.4, 0.5) is 5.82 Å². The lowest BCUT2D eigenvalue weighted by Crippen LogP contribution is -2.26. The predicted molar refractivity (Wildman–Crippen MR) is 113 cm³/mol. The smallest absolute Gasteiger partial charge is 0.284 e. The number of nitrogens with zero attached hydrogens (tertiary/aromatic N) is 4. The summed E-state index contributed by atoms with van der Waals surface area (Å²) >= 11 is 0. The van der Waals surface area contributed by atoms with Crippen molar-refractivity contribution in [2.45, 2.75) is 19.0 Å². The molecule has 1 aliphatic heterocycles. The van der Waals surface area contributed by atoms with Crippen molar-refractivity contribution in [1.29, 1.82) is 0 Å². The maximum atomic E-state index is 11.3. The Balaban J connectivity index is 1.33. The molecule has 0 unspecified atom stereocenters. The first-order chi connectivity index (χ1) is 14.7. The van der Waals surface area contributed by atoms with E-state index in [4.69, 9.17) is 10.2 Å². The van der Waals surface area contributed by atoms with E-state index in [0.717, 1.165) is 48.8 Å². The number of fused-ring (bicyclic) bond motifs is 1. The molecule has 1 atom stereocenters. The van der Waals surface area contributed by atoms with Gasteiger partial charge in [0.2, 0.25) is 0 Å². The standard InChI is InChI=1S/C22H22N6O2/c23-20(29)19-10-16(14-30-19)18-11-25-21(22-24-7-9-28(18)22)26-17-6-8-27(13-17)12-15-4-2-1-3-5-15/h1-5,7,9-11,14,17H,6,8,12-13H2,(H2,23,29)(H,25,26)/t17-/m0/s1. The molecule has 5 rings (SSSR count). The zero-order valence-electron chi connectivity index (χ0n) is 16.4. The zero-order valence-corrected chi connectivity index (χ0v) is 16.4. The summed E-state index contributed by atoms with van der Waals surface area (Å²) in [5, 5.41) is 3.55. The molecule has 0 spiro atoms. The summed E-state index contributed by atoms with van der Waals surface area (Å²) in [6.45, 7) is 2.95. The monoisotopic (exact) mass is 402 g/mol. The van der Waals surface area contributed by atoms with Crippen molar-refractivity contribution in [3.63, 3.8) is 0 Å². The van der Waals surface area contributed by atoms with E-state index in [1.165, 1.54) is 11.8 Å². The van der Waals surface area contributed by atoms with Gasteiger partial charge < -0.3 is 15.5 Å². The number of carbonyl (C=O) groups excluding carboxylic acids is 1. The van der Waals surface area contributed by atoms with Gasteiger partial charge in [0.25, 0.3) is 5.91 Å². The summed E-state index contributed by atoms with van der Waals surface area (Å²) in [6, 6.07) is 12.4. The molecule has 0 saturated carbocycles. The number of furan rings is 1. The Morgan fingerprint density at radius 2 is 2.13 bits per heavy atom. The molecule has 0 aliphatic carbocycles. The molecule has 30 heavy (non-hydrogen) atoms. The van der Waals surface area contributed by atoms with Gasteiger partial charge in [-0.25, -0.2) is 9.97 Å². The van der Waals surface area contributed by atoms with E-state index < -0.39 is 5.91 Å². The van der Waals surface area contributed by atoms with Gasteiger partial charge in [0.1, 0.15) is 6.26 Å². The molecule has 4 aromatic rings. The minimum atomic E-state index is -0.601. The molecule has 1 amide bonds. The Kier molecular flexibility index (Phi) is 4.68. The number of nitrogens with two attached hydrogens (primary N) is 1. The first-order valence-electron chi connectivity index (χ1n) is 9.91. The van der Waals surface area contributed by atoms with Gasteiger partial charge in [-0.05, 0) is 18.1 Å². The number of hydrogen-bond acceptors (Lipinski definition) is 6. The van der Waals surface area contributed by atoms with Crippen LogP contribution >= 0.6 is 0 Å². The summed E-state index contributed by atoms with van der Waals surface area (Å²) in [4.78, 5) is 22.9. The lowest BCUT2D eigenvalue weighted by atomic mass is 10.2. The number of amides is 1. The summed E-state index contributed by atoms with van der Waals surface area (Å²) in [5.74, 6) is 0.259. The van der Waals surface area contributed by atoms with Crippen molar-refractivity contribution < 1.29 is 9.21 Å². The van der Waals surface area contributed by atoms with Crippen molar-refractivity contribution in [2.24, 2.45) is 5.73 Å². The molecule has 0 bridgehead atoms. The van der Waals surface area contributed by atoms with Crippen LogP contribution in [0.15, 0.2) is 65.7 Å². The van der Waals surface area contributed by atoms with Gasteiger partial charge >= 0.3 is 0 Å². The third-order valence-electron chi connectivity index (χ3n) is 5.43. The molecule has 1 fully saturated rings. The molecule has 152 valence electrons. The number of likely N-dealkylation sites (tertiary alicyclic amines) is 1. The lowest BCUT2D eigenvalue weighted by Gasteiger charge is -2.17. The van der Waals surface area contributed by atoms with Crippen LogP contribution in [0.25, 0.3) is 16.9 Å². The molecule has 3 N–H and O–H groups in total. The molecule has 8 nitrogen and oxygen atoms in total. The molecular formula is C22H22N6O2. The Hall–Kier alpha value is -3.65. The van der Waals surface area contributed by atoms with Crippen molar-refractivity contribution in [3.05, 3.63) is 72.6 Å². The van der Waals surface area contributed by atoms with E-state index in [-0.39, 0.29) is 5.76 Å². The quantitative estimate of drug-likeness (QED) is 0.514. The molecule has 1 aliphatic rings. The number of anilines is 1. The van der Waals surface area contributed by atoms with E-state index in [1.807, 2.05) is 16.7 Å². The highest BCUT2D eigenvalue weighted by atomic mass is 16.3. The van der Waals surface area contributed by atoms with E-state index in [0.29, 0.717) is 6.04 Å². The average molecular weight is 402 g/mol. The minimum Gasteiger partial charge on any atom is -0.458 e. The van der Waals surface area contributed by atoms with Crippen molar-refractivity contribution in [1.82, 2.24) is 19.3 Å². The first-order valence-corrected chi connectivity index (χ1v) is 9.91. The maximum Gasteiger partial charge on any atom is 0.284 e. The van der Waals surface area contributed by atoms with E-state index in [9.17, 15) is 4.79 Å². The Morgan fingerprint density at radius 3 is 2.93 bits per heavy atom. The molecular weight excluding hydrogens is 380 g/mol. The van der Waals surface area contributed by atoms with E-state index in [2.05, 4.69) is 44.5 Å². The van der Waals surface area contributed by atoms with Gasteiger partial charge in [0.15, 0.2) is 17.2 Å². The second kappa shape index (κ2) is 7.64. The summed E-state index contributed by atoms with van der Waals surface area (Å²) in [7, 11) is 0. The number of carbonyl (C=O) groups is 1. The topological polar surface area (TPSA) is 102 Å². The molecule has 8 heteroatoms. The number of rotatable bonds is 6. The van der Waals surface area contributed by atoms with Crippen LogP contribution in [-0.2, 0) is 6.54 Å². The van der Waals surface area contributed by atoms with Crippen LogP contribution in [0.1, 0.15) is 22.5 Å². The zero-order chi connectivity index (χ0) is 20.5. The third-order valence-corrected chi connectivity index (χ3v) is 5.43. The third kappa shape index (κ3) is 3.53. The minimum absolute atomic E-state index is 0.116. The second-order valence-electron chi connectivity index (χ2n) is 7.53. The molecule has 4 heterocycles. The average Bonchev–Trinajstić information content (AvgIpc) is 3.50. The molecule has 1 aromatic carbocycles.